The van der Waals surface area contributed by atoms with Gasteiger partial charge < -0.3 is 0 Å². The normalized spacial score (nSPS) is 13.0. The maximum absolute atomic E-state index is 13.0. The summed E-state index contributed by atoms with van der Waals surface area (Å²) in [5, 5.41) is 0. The fourth-order valence-electron chi connectivity index (χ4n) is 1.02. The van der Waals surface area contributed by atoms with Crippen molar-refractivity contribution in [2.24, 2.45) is 0 Å². The first-order valence-electron chi connectivity index (χ1n) is 3.91. The Kier molecular flexibility index (Phi) is 2.64. The van der Waals surface area contributed by atoms with Gasteiger partial charge in [0.05, 0.1) is 0 Å². The third kappa shape index (κ3) is 1.79. The molecule has 0 N–H and O–H groups in total. The van der Waals surface area contributed by atoms with Crippen molar-refractivity contribution in [3.05, 3.63) is 35.6 Å². The molecule has 1 aromatic carbocycles. The van der Waals surface area contributed by atoms with Crippen LogP contribution in [0.2, 0.25) is 0 Å². The predicted octanol–water partition coefficient (Wildman–Crippen LogP) is 3.14. The van der Waals surface area contributed by atoms with Crippen molar-refractivity contribution < 1.29 is 4.39 Å². The zero-order chi connectivity index (χ0) is 8.27. The van der Waals surface area contributed by atoms with Crippen molar-refractivity contribution in [3.8, 4) is 0 Å². The lowest BCUT2D eigenvalue weighted by atomic mass is 9.98. The molecule has 1 heteroatoms. The molecular formula is C10H12F. The van der Waals surface area contributed by atoms with Gasteiger partial charge in [0, 0.05) is 0 Å². The summed E-state index contributed by atoms with van der Waals surface area (Å²) < 4.78 is 13.0. The van der Waals surface area contributed by atoms with Crippen molar-refractivity contribution in [2.45, 2.75) is 26.2 Å². The van der Waals surface area contributed by atoms with Gasteiger partial charge in [0.2, 0.25) is 0 Å². The van der Waals surface area contributed by atoms with Gasteiger partial charge in [0.1, 0.15) is 5.82 Å². The van der Waals surface area contributed by atoms with E-state index in [1.807, 2.05) is 6.92 Å². The number of benzene rings is 1. The Morgan fingerprint density at radius 2 is 2.36 bits per heavy atom. The van der Waals surface area contributed by atoms with Crippen LogP contribution in [0.5, 0.6) is 0 Å². The SMILES string of the molecule is CCC(C)c1c[c]ccc1F. The molecule has 1 radical (unpaired) electrons. The van der Waals surface area contributed by atoms with Crippen molar-refractivity contribution in [3.63, 3.8) is 0 Å². The zero-order valence-electron chi connectivity index (χ0n) is 6.89. The summed E-state index contributed by atoms with van der Waals surface area (Å²) >= 11 is 0. The number of hydrogen-bond donors (Lipinski definition) is 0. The Morgan fingerprint density at radius 1 is 1.64 bits per heavy atom. The van der Waals surface area contributed by atoms with Gasteiger partial charge in [-0.3, -0.25) is 0 Å². The summed E-state index contributed by atoms with van der Waals surface area (Å²) in [6.07, 6.45) is 0.967. The maximum Gasteiger partial charge on any atom is 0.126 e. The Morgan fingerprint density at radius 3 is 2.91 bits per heavy atom. The summed E-state index contributed by atoms with van der Waals surface area (Å²) in [6, 6.07) is 7.66. The fourth-order valence-corrected chi connectivity index (χ4v) is 1.02. The van der Waals surface area contributed by atoms with Crippen LogP contribution < -0.4 is 0 Å². The Bertz CT molecular complexity index is 230. The van der Waals surface area contributed by atoms with Gasteiger partial charge in [-0.2, -0.15) is 0 Å². The predicted molar refractivity (Wildman–Crippen MR) is 43.9 cm³/mol. The van der Waals surface area contributed by atoms with Crippen molar-refractivity contribution in [1.82, 2.24) is 0 Å². The average Bonchev–Trinajstić information content (AvgIpc) is 2.04. The van der Waals surface area contributed by atoms with Crippen molar-refractivity contribution >= 4 is 0 Å². The summed E-state index contributed by atoms with van der Waals surface area (Å²) in [5.74, 6) is 0.186. The highest BCUT2D eigenvalue weighted by molar-refractivity contribution is 5.19. The van der Waals surface area contributed by atoms with Gasteiger partial charge in [-0.1, -0.05) is 19.9 Å². The Hall–Kier alpha value is -0.850. The average molecular weight is 151 g/mol. The minimum Gasteiger partial charge on any atom is -0.207 e. The molecule has 0 saturated heterocycles. The lowest BCUT2D eigenvalue weighted by molar-refractivity contribution is 0.583. The Labute approximate surface area is 67.1 Å². The van der Waals surface area contributed by atoms with E-state index in [2.05, 4.69) is 13.0 Å². The lowest BCUT2D eigenvalue weighted by Crippen LogP contribution is -1.94. The second-order valence-corrected chi connectivity index (χ2v) is 2.76. The van der Waals surface area contributed by atoms with Gasteiger partial charge in [-0.25, -0.2) is 4.39 Å². The fraction of sp³-hybridized carbons (Fsp3) is 0.400. The molecule has 0 aromatic heterocycles. The van der Waals surface area contributed by atoms with E-state index >= 15 is 0 Å². The van der Waals surface area contributed by atoms with Crippen LogP contribution in [-0.4, -0.2) is 0 Å². The molecular weight excluding hydrogens is 139 g/mol. The molecule has 0 aliphatic heterocycles. The molecule has 0 bridgehead atoms. The quantitative estimate of drug-likeness (QED) is 0.609. The van der Waals surface area contributed by atoms with Crippen LogP contribution in [-0.2, 0) is 0 Å². The third-order valence-electron chi connectivity index (χ3n) is 1.98. The van der Waals surface area contributed by atoms with Gasteiger partial charge in [-0.15, -0.1) is 0 Å². The van der Waals surface area contributed by atoms with Crippen molar-refractivity contribution in [1.29, 1.82) is 0 Å². The first-order chi connectivity index (χ1) is 5.25. The van der Waals surface area contributed by atoms with Gasteiger partial charge in [0.15, 0.2) is 0 Å². The molecule has 0 amide bonds. The molecule has 0 aliphatic rings. The summed E-state index contributed by atoms with van der Waals surface area (Å²) in [5.41, 5.74) is 0.773. The van der Waals surface area contributed by atoms with E-state index in [0.717, 1.165) is 12.0 Å². The second-order valence-electron chi connectivity index (χ2n) is 2.76. The molecule has 0 nitrogen and oxygen atoms in total. The first-order valence-corrected chi connectivity index (χ1v) is 3.91. The number of halogens is 1. The van der Waals surface area contributed by atoms with Gasteiger partial charge in [-0.05, 0) is 36.1 Å². The lowest BCUT2D eigenvalue weighted by Gasteiger charge is -2.08. The van der Waals surface area contributed by atoms with E-state index in [4.69, 9.17) is 0 Å². The third-order valence-corrected chi connectivity index (χ3v) is 1.98. The zero-order valence-corrected chi connectivity index (χ0v) is 6.89. The van der Waals surface area contributed by atoms with Crippen LogP contribution in [0.4, 0.5) is 4.39 Å². The molecule has 0 spiro atoms. The van der Waals surface area contributed by atoms with E-state index < -0.39 is 0 Å². The number of hydrogen-bond acceptors (Lipinski definition) is 0. The first kappa shape index (κ1) is 8.25. The topological polar surface area (TPSA) is 0 Å². The van der Waals surface area contributed by atoms with E-state index in [0.29, 0.717) is 5.92 Å². The van der Waals surface area contributed by atoms with Gasteiger partial charge in [0.25, 0.3) is 0 Å². The molecule has 1 aromatic rings. The standard InChI is InChI=1S/C10H12F/c1-3-8(2)9-6-4-5-7-10(9)11/h5-8H,3H2,1-2H3. The highest BCUT2D eigenvalue weighted by Crippen LogP contribution is 2.20. The minimum atomic E-state index is -0.113. The van der Waals surface area contributed by atoms with Crippen molar-refractivity contribution in [2.75, 3.05) is 0 Å². The molecule has 11 heavy (non-hydrogen) atoms. The summed E-state index contributed by atoms with van der Waals surface area (Å²) in [4.78, 5) is 0. The summed E-state index contributed by atoms with van der Waals surface area (Å²) in [7, 11) is 0. The minimum absolute atomic E-state index is 0.113. The molecule has 0 fully saturated rings. The molecule has 1 rings (SSSR count). The van der Waals surface area contributed by atoms with E-state index in [-0.39, 0.29) is 5.82 Å². The number of rotatable bonds is 2. The second kappa shape index (κ2) is 3.51. The van der Waals surface area contributed by atoms with E-state index in [1.165, 1.54) is 6.07 Å². The Balaban J connectivity index is 2.93. The maximum atomic E-state index is 13.0. The van der Waals surface area contributed by atoms with Crippen LogP contribution >= 0.6 is 0 Å². The molecule has 0 aliphatic carbocycles. The smallest absolute Gasteiger partial charge is 0.126 e. The molecule has 1 unspecified atom stereocenters. The molecule has 0 heterocycles. The van der Waals surface area contributed by atoms with Crippen LogP contribution in [0.1, 0.15) is 31.7 Å². The molecule has 59 valence electrons. The van der Waals surface area contributed by atoms with Crippen LogP contribution in [0.25, 0.3) is 0 Å². The van der Waals surface area contributed by atoms with Crippen LogP contribution in [0, 0.1) is 11.9 Å². The highest BCUT2D eigenvalue weighted by Gasteiger charge is 2.06. The van der Waals surface area contributed by atoms with Crippen LogP contribution in [0.3, 0.4) is 0 Å². The molecule has 0 saturated carbocycles. The van der Waals surface area contributed by atoms with Gasteiger partial charge >= 0.3 is 0 Å². The summed E-state index contributed by atoms with van der Waals surface area (Å²) in [6.45, 7) is 4.07. The largest absolute Gasteiger partial charge is 0.207 e. The monoisotopic (exact) mass is 151 g/mol. The van der Waals surface area contributed by atoms with E-state index in [9.17, 15) is 4.39 Å². The van der Waals surface area contributed by atoms with E-state index in [1.54, 1.807) is 12.1 Å². The molecule has 1 atom stereocenters. The highest BCUT2D eigenvalue weighted by atomic mass is 19.1. The van der Waals surface area contributed by atoms with Crippen LogP contribution in [0.15, 0.2) is 18.2 Å².